The highest BCUT2D eigenvalue weighted by atomic mass is 32.2. The molecule has 1 N–H and O–H groups in total. The molecule has 4 saturated carbocycles. The molecule has 0 spiro atoms. The van der Waals surface area contributed by atoms with E-state index < -0.39 is 33.1 Å². The molecule has 10 rings (SSSR count). The van der Waals surface area contributed by atoms with Crippen LogP contribution in [0.25, 0.3) is 21.3 Å². The first-order valence-electron chi connectivity index (χ1n) is 22.0. The predicted molar refractivity (Wildman–Crippen MR) is 248 cm³/mol. The minimum atomic E-state index is -3.91. The third kappa shape index (κ3) is 9.10. The van der Waals surface area contributed by atoms with Gasteiger partial charge in [0.05, 0.1) is 40.1 Å². The molecule has 4 aliphatic carbocycles. The van der Waals surface area contributed by atoms with E-state index in [0.29, 0.717) is 34.2 Å². The lowest BCUT2D eigenvalue weighted by atomic mass is 9.39. The summed E-state index contributed by atoms with van der Waals surface area (Å²) in [6.07, 6.45) is 7.49. The molecule has 0 amide bonds. The van der Waals surface area contributed by atoms with E-state index in [1.54, 1.807) is 69.4 Å². The summed E-state index contributed by atoms with van der Waals surface area (Å²) in [4.78, 5) is 37.3. The van der Waals surface area contributed by atoms with Crippen molar-refractivity contribution in [3.63, 3.8) is 0 Å². The number of aromatic nitrogens is 6. The number of ether oxygens (including phenoxy) is 2. The molecule has 2 aromatic carbocycles. The van der Waals surface area contributed by atoms with E-state index >= 15 is 0 Å². The Hall–Kier alpha value is -5.42. The zero-order valence-corrected chi connectivity index (χ0v) is 39.8. The van der Waals surface area contributed by atoms with Crippen LogP contribution in [0.2, 0.25) is 0 Å². The van der Waals surface area contributed by atoms with Gasteiger partial charge in [0.2, 0.25) is 5.78 Å². The number of fused-ring (bicyclic) bond motifs is 1. The maximum absolute atomic E-state index is 14.0. The van der Waals surface area contributed by atoms with E-state index in [9.17, 15) is 18.0 Å². The molecule has 2 unspecified atom stereocenters. The van der Waals surface area contributed by atoms with E-state index in [0.717, 1.165) is 60.0 Å². The van der Waals surface area contributed by atoms with Crippen LogP contribution in [0.3, 0.4) is 0 Å². The number of pyridine rings is 1. The lowest BCUT2D eigenvalue weighted by Gasteiger charge is -2.69. The summed E-state index contributed by atoms with van der Waals surface area (Å²) < 4.78 is 47.0. The number of hydrogen-bond acceptors (Lipinski definition) is 14. The van der Waals surface area contributed by atoms with Gasteiger partial charge in [0.15, 0.2) is 16.6 Å². The van der Waals surface area contributed by atoms with Gasteiger partial charge in [-0.2, -0.15) is 13.5 Å². The lowest BCUT2D eigenvalue weighted by molar-refractivity contribution is -0.249. The van der Waals surface area contributed by atoms with Crippen LogP contribution in [0.15, 0.2) is 77.8 Å². The first kappa shape index (κ1) is 44.8. The molecule has 4 heterocycles. The van der Waals surface area contributed by atoms with Gasteiger partial charge in [0.1, 0.15) is 17.0 Å². The molecule has 4 aromatic heterocycles. The van der Waals surface area contributed by atoms with Crippen LogP contribution in [-0.4, -0.2) is 74.5 Å². The van der Waals surface area contributed by atoms with Crippen LogP contribution in [0.4, 0.5) is 10.9 Å². The summed E-state index contributed by atoms with van der Waals surface area (Å²) >= 11 is 1.49. The number of aryl methyl sites for hydroxylation is 2. The molecule has 4 atom stereocenters. The fourth-order valence-electron chi connectivity index (χ4n) is 11.7. The monoisotopic (exact) mass is 917 g/mol. The van der Waals surface area contributed by atoms with Crippen molar-refractivity contribution in [2.75, 3.05) is 18.5 Å². The van der Waals surface area contributed by atoms with Crippen molar-refractivity contribution in [2.24, 2.45) is 16.2 Å². The number of ketones is 1. The zero-order valence-electron chi connectivity index (χ0n) is 38.1. The normalized spacial score (nSPS) is 23.8. The first-order chi connectivity index (χ1) is 30.6. The summed E-state index contributed by atoms with van der Waals surface area (Å²) in [6.45, 7) is 16.5. The molecular formula is C49H55N7O7S2. The van der Waals surface area contributed by atoms with E-state index in [2.05, 4.69) is 39.3 Å². The summed E-state index contributed by atoms with van der Waals surface area (Å²) in [5, 5.41) is 17.4. The summed E-state index contributed by atoms with van der Waals surface area (Å²) in [7, 11) is -3.91. The largest absolute Gasteiger partial charge is 0.455 e. The van der Waals surface area contributed by atoms with E-state index in [-0.39, 0.29) is 51.4 Å². The van der Waals surface area contributed by atoms with Crippen molar-refractivity contribution >= 4 is 54.4 Å². The number of nitrogens with zero attached hydrogens (tertiary/aromatic N) is 6. The van der Waals surface area contributed by atoms with Crippen LogP contribution in [0.5, 0.6) is 0 Å². The van der Waals surface area contributed by atoms with Crippen molar-refractivity contribution in [1.29, 1.82) is 0 Å². The Kier molecular flexibility index (Phi) is 11.1. The fraction of sp³-hybridized carbons (Fsp3) is 0.449. The maximum Gasteiger partial charge on any atom is 0.358 e. The lowest BCUT2D eigenvalue weighted by Crippen LogP contribution is -2.64. The van der Waals surface area contributed by atoms with Crippen LogP contribution in [0, 0.1) is 37.0 Å². The molecule has 0 radical (unpaired) electrons. The predicted octanol–water partition coefficient (Wildman–Crippen LogP) is 9.74. The second-order valence-corrected chi connectivity index (χ2v) is 23.0. The number of esters is 1. The number of rotatable bonds is 14. The van der Waals surface area contributed by atoms with Crippen LogP contribution >= 0.6 is 11.3 Å². The third-order valence-corrected chi connectivity index (χ3v) is 15.3. The number of benzene rings is 2. The van der Waals surface area contributed by atoms with E-state index in [1.807, 2.05) is 49.7 Å². The van der Waals surface area contributed by atoms with Crippen molar-refractivity contribution < 1.29 is 31.7 Å². The Labute approximate surface area is 383 Å². The highest BCUT2D eigenvalue weighted by Crippen LogP contribution is 2.72. The number of carbonyl (C=O) groups is 2. The molecule has 4 aliphatic rings. The van der Waals surface area contributed by atoms with Gasteiger partial charge in [-0.1, -0.05) is 55.0 Å². The molecular weight excluding hydrogens is 863 g/mol. The molecule has 340 valence electrons. The van der Waals surface area contributed by atoms with Crippen molar-refractivity contribution in [1.82, 2.24) is 29.9 Å². The second-order valence-electron chi connectivity index (χ2n) is 20.4. The highest BCUT2D eigenvalue weighted by molar-refractivity contribution is 7.86. The molecule has 14 nitrogen and oxygen atoms in total. The van der Waals surface area contributed by atoms with Crippen LogP contribution < -0.4 is 5.32 Å². The zero-order chi connectivity index (χ0) is 46.2. The average molecular weight is 918 g/mol. The standard InChI is InChI=1S/C49H55N7O7S2/c1-30-13-15-33(16-14-30)65(59,60)62-20-19-61-49-26-46(7)23-47(8,27-49)25-48(24-46,28-49)29-56-32(3)35(22-50-56)34-17-18-37(51-40(34)43(58)63-45(4,5)6)41(57)38-21-31(2)42(55-54-38)53-44-52-36-11-9-10-12-39(36)64-44/h9-18,21-22H,19-20,23-29H2,1-8H3,(H,52,53,55)/t46-,47+,48?,49?. The number of carbonyl (C=O) groups excluding carboxylic acids is 2. The quantitative estimate of drug-likeness (QED) is 0.0473. The maximum atomic E-state index is 14.0. The highest BCUT2D eigenvalue weighted by Gasteiger charge is 2.66. The van der Waals surface area contributed by atoms with E-state index in [4.69, 9.17) is 18.8 Å². The Morgan fingerprint density at radius 1 is 0.831 bits per heavy atom. The molecule has 65 heavy (non-hydrogen) atoms. The number of anilines is 2. The summed E-state index contributed by atoms with van der Waals surface area (Å²) in [5.41, 5.74) is 3.38. The van der Waals surface area contributed by atoms with Crippen molar-refractivity contribution in [2.45, 2.75) is 117 Å². The van der Waals surface area contributed by atoms with Gasteiger partial charge >= 0.3 is 5.97 Å². The number of thiazole rings is 1. The Balaban J connectivity index is 0.951. The minimum absolute atomic E-state index is 0.000944. The molecule has 16 heteroatoms. The molecule has 4 fully saturated rings. The smallest absolute Gasteiger partial charge is 0.358 e. The Bertz CT molecular complexity index is 2910. The topological polar surface area (TPSA) is 177 Å². The van der Waals surface area contributed by atoms with Crippen LogP contribution in [-0.2, 0) is 30.3 Å². The Morgan fingerprint density at radius 2 is 1.55 bits per heavy atom. The Morgan fingerprint density at radius 3 is 2.25 bits per heavy atom. The number of para-hydroxylation sites is 1. The SMILES string of the molecule is Cc1ccc(S(=O)(=O)OCCOC23CC4(Cn5ncc(-c6ccc(C(=O)c7cc(C)c(Nc8nc9ccccc9s8)nn7)nc6C(=O)OC(C)(C)C)c5C)C[C@@](C)(C2)C[C@](C)(C4)C3)cc1. The van der Waals surface area contributed by atoms with Crippen molar-refractivity contribution in [3.05, 3.63) is 107 Å². The summed E-state index contributed by atoms with van der Waals surface area (Å²) in [5.74, 6) is -0.680. The third-order valence-electron chi connectivity index (χ3n) is 13.0. The van der Waals surface area contributed by atoms with Gasteiger partial charge in [-0.3, -0.25) is 13.7 Å². The fourth-order valence-corrected chi connectivity index (χ4v) is 13.4. The number of nitrogens with one attached hydrogen (secondary N) is 1. The average Bonchev–Trinajstić information content (AvgIpc) is 3.79. The molecule has 0 aliphatic heterocycles. The molecule has 0 saturated heterocycles. The van der Waals surface area contributed by atoms with Gasteiger partial charge < -0.3 is 14.8 Å². The minimum Gasteiger partial charge on any atom is -0.455 e. The van der Waals surface area contributed by atoms with Gasteiger partial charge in [0.25, 0.3) is 10.1 Å². The van der Waals surface area contributed by atoms with E-state index in [1.165, 1.54) is 11.3 Å². The first-order valence-corrected chi connectivity index (χ1v) is 24.2. The van der Waals surface area contributed by atoms with Gasteiger partial charge in [0, 0.05) is 23.4 Å². The van der Waals surface area contributed by atoms with Crippen molar-refractivity contribution in [3.8, 4) is 11.1 Å². The second kappa shape index (κ2) is 16.2. The van der Waals surface area contributed by atoms with Gasteiger partial charge in [-0.05, 0) is 144 Å². The molecule has 4 bridgehead atoms. The molecule has 6 aromatic rings. The van der Waals surface area contributed by atoms with Gasteiger partial charge in [-0.15, -0.1) is 10.2 Å². The number of hydrogen-bond donors (Lipinski definition) is 1. The summed E-state index contributed by atoms with van der Waals surface area (Å²) in [6, 6.07) is 19.4. The van der Waals surface area contributed by atoms with Gasteiger partial charge in [-0.25, -0.2) is 14.8 Å². The van der Waals surface area contributed by atoms with Crippen LogP contribution in [0.1, 0.15) is 117 Å².